The summed E-state index contributed by atoms with van der Waals surface area (Å²) in [5.74, 6) is -3.60. The minimum atomic E-state index is -1.55. The van der Waals surface area contributed by atoms with Crippen LogP contribution in [0.1, 0.15) is 23.6 Å². The average molecular weight is 429 g/mol. The molecule has 0 bridgehead atoms. The fourth-order valence-corrected chi connectivity index (χ4v) is 3.09. The van der Waals surface area contributed by atoms with Crippen LogP contribution in [0, 0.1) is 24.4 Å². The minimum absolute atomic E-state index is 0.0561. The van der Waals surface area contributed by atoms with Crippen molar-refractivity contribution in [1.29, 1.82) is 0 Å². The van der Waals surface area contributed by atoms with E-state index in [1.807, 2.05) is 26.0 Å². The van der Waals surface area contributed by atoms with E-state index in [0.29, 0.717) is 18.2 Å². The molecule has 0 aliphatic carbocycles. The minimum Gasteiger partial charge on any atom is -0.475 e. The highest BCUT2D eigenvalue weighted by molar-refractivity contribution is 5.96. The first kappa shape index (κ1) is 20.6. The lowest BCUT2D eigenvalue weighted by atomic mass is 10.1. The summed E-state index contributed by atoms with van der Waals surface area (Å²) in [7, 11) is 0. The van der Waals surface area contributed by atoms with Crippen LogP contribution in [0.2, 0.25) is 0 Å². The third-order valence-electron chi connectivity index (χ3n) is 4.67. The highest BCUT2D eigenvalue weighted by atomic mass is 19.2. The Morgan fingerprint density at radius 1 is 1.19 bits per heavy atom. The van der Waals surface area contributed by atoms with Gasteiger partial charge in [0.05, 0.1) is 12.6 Å². The highest BCUT2D eigenvalue weighted by Gasteiger charge is 2.18. The molecule has 0 radical (unpaired) electrons. The number of benzene rings is 2. The molecule has 0 amide bonds. The van der Waals surface area contributed by atoms with Crippen molar-refractivity contribution in [2.24, 2.45) is 4.99 Å². The van der Waals surface area contributed by atoms with E-state index in [2.05, 4.69) is 20.4 Å². The fraction of sp³-hybridized carbons (Fsp3) is 0.238. The molecule has 4 rings (SSSR count). The van der Waals surface area contributed by atoms with Crippen LogP contribution in [0.25, 0.3) is 0 Å². The van der Waals surface area contributed by atoms with E-state index < -0.39 is 23.0 Å². The maximum atomic E-state index is 13.6. The van der Waals surface area contributed by atoms with Gasteiger partial charge in [-0.15, -0.1) is 0 Å². The zero-order chi connectivity index (χ0) is 22.1. The predicted octanol–water partition coefficient (Wildman–Crippen LogP) is 3.32. The van der Waals surface area contributed by atoms with Gasteiger partial charge in [0.15, 0.2) is 17.5 Å². The smallest absolute Gasteiger partial charge is 0.293 e. The molecule has 2 aromatic carbocycles. The Bertz CT molecular complexity index is 1220. The number of nitrogens with one attached hydrogen (secondary N) is 1. The Morgan fingerprint density at radius 3 is 2.61 bits per heavy atom. The van der Waals surface area contributed by atoms with E-state index in [9.17, 15) is 18.0 Å². The molecule has 1 unspecified atom stereocenters. The Balaban J connectivity index is 1.67. The Hall–Kier alpha value is -3.69. The first-order valence-corrected chi connectivity index (χ1v) is 9.46. The number of rotatable bonds is 5. The Kier molecular flexibility index (Phi) is 5.45. The summed E-state index contributed by atoms with van der Waals surface area (Å²) in [6.07, 6.45) is 0.979. The normalized spacial score (nSPS) is 15.5. The number of anilines is 2. The molecule has 0 saturated carbocycles. The van der Waals surface area contributed by atoms with Crippen LogP contribution >= 0.6 is 0 Å². The van der Waals surface area contributed by atoms with Gasteiger partial charge in [0.2, 0.25) is 11.8 Å². The third kappa shape index (κ3) is 4.42. The maximum Gasteiger partial charge on any atom is 0.293 e. The molecule has 2 heterocycles. The molecule has 160 valence electrons. The van der Waals surface area contributed by atoms with Gasteiger partial charge < -0.3 is 10.1 Å². The van der Waals surface area contributed by atoms with Crippen LogP contribution in [-0.2, 0) is 11.3 Å². The highest BCUT2D eigenvalue weighted by Crippen LogP contribution is 2.23. The van der Waals surface area contributed by atoms with Crippen LogP contribution in [-0.4, -0.2) is 33.3 Å². The Labute approximate surface area is 175 Å². The largest absolute Gasteiger partial charge is 0.475 e. The van der Waals surface area contributed by atoms with Gasteiger partial charge in [-0.05, 0) is 49.2 Å². The second-order valence-electron chi connectivity index (χ2n) is 7.20. The molecule has 3 aromatic rings. The second-order valence-corrected chi connectivity index (χ2v) is 7.20. The van der Waals surface area contributed by atoms with Crippen molar-refractivity contribution in [1.82, 2.24) is 14.8 Å². The quantitative estimate of drug-likeness (QED) is 0.630. The number of aromatic nitrogens is 3. The first-order chi connectivity index (χ1) is 14.8. The summed E-state index contributed by atoms with van der Waals surface area (Å²) in [5, 5.41) is 7.02. The van der Waals surface area contributed by atoms with E-state index >= 15 is 0 Å². The number of nitrogens with zero attached hydrogens (tertiary/aromatic N) is 4. The van der Waals surface area contributed by atoms with E-state index in [4.69, 9.17) is 4.74 Å². The summed E-state index contributed by atoms with van der Waals surface area (Å²) in [5.41, 5.74) is 1.73. The van der Waals surface area contributed by atoms with Crippen LogP contribution in [0.15, 0.2) is 46.3 Å². The number of hydrogen-bond donors (Lipinski definition) is 1. The standard InChI is InChI=1S/C21H18F3N5O2/c1-11-3-4-14(20-26-12(2)10-31-20)7-17(11)27-21-28-18(30)8-25-29(21)9-13-5-15(22)19(24)16(23)6-13/h3-8,12H,9-10H2,1-2H3,(H,27,28,30). The summed E-state index contributed by atoms with van der Waals surface area (Å²) in [6.45, 7) is 4.16. The predicted molar refractivity (Wildman–Crippen MR) is 108 cm³/mol. The van der Waals surface area contributed by atoms with Gasteiger partial charge in [0.1, 0.15) is 12.8 Å². The molecule has 0 fully saturated rings. The lowest BCUT2D eigenvalue weighted by Crippen LogP contribution is -2.20. The van der Waals surface area contributed by atoms with E-state index in [0.717, 1.165) is 29.5 Å². The van der Waals surface area contributed by atoms with Crippen LogP contribution in [0.5, 0.6) is 0 Å². The monoisotopic (exact) mass is 429 g/mol. The molecule has 0 saturated heterocycles. The van der Waals surface area contributed by atoms with Crippen molar-refractivity contribution in [2.45, 2.75) is 26.4 Å². The summed E-state index contributed by atoms with van der Waals surface area (Å²) in [6, 6.07) is 7.32. The lowest BCUT2D eigenvalue weighted by molar-refractivity contribution is 0.324. The molecule has 31 heavy (non-hydrogen) atoms. The fourth-order valence-electron chi connectivity index (χ4n) is 3.09. The van der Waals surface area contributed by atoms with Crippen molar-refractivity contribution < 1.29 is 17.9 Å². The molecular formula is C21H18F3N5O2. The van der Waals surface area contributed by atoms with Gasteiger partial charge in [0, 0.05) is 11.3 Å². The molecule has 7 nitrogen and oxygen atoms in total. The van der Waals surface area contributed by atoms with Crippen LogP contribution in [0.3, 0.4) is 0 Å². The number of ether oxygens (including phenoxy) is 1. The molecule has 0 spiro atoms. The zero-order valence-corrected chi connectivity index (χ0v) is 16.7. The maximum absolute atomic E-state index is 13.6. The van der Waals surface area contributed by atoms with Gasteiger partial charge in [-0.1, -0.05) is 6.07 Å². The van der Waals surface area contributed by atoms with Crippen LogP contribution < -0.4 is 10.9 Å². The molecule has 1 aromatic heterocycles. The zero-order valence-electron chi connectivity index (χ0n) is 16.7. The van der Waals surface area contributed by atoms with E-state index in [-0.39, 0.29) is 24.1 Å². The van der Waals surface area contributed by atoms with Gasteiger partial charge in [-0.2, -0.15) is 10.1 Å². The van der Waals surface area contributed by atoms with Gasteiger partial charge in [-0.3, -0.25) is 4.79 Å². The van der Waals surface area contributed by atoms with Crippen molar-refractivity contribution in [2.75, 3.05) is 11.9 Å². The average Bonchev–Trinajstić information content (AvgIpc) is 3.16. The van der Waals surface area contributed by atoms with Crippen molar-refractivity contribution in [3.8, 4) is 0 Å². The summed E-state index contributed by atoms with van der Waals surface area (Å²) in [4.78, 5) is 20.1. The van der Waals surface area contributed by atoms with Crippen molar-refractivity contribution in [3.05, 3.63) is 81.0 Å². The summed E-state index contributed by atoms with van der Waals surface area (Å²) >= 11 is 0. The number of aliphatic imine (C=N–C) groups is 1. The molecule has 1 atom stereocenters. The van der Waals surface area contributed by atoms with E-state index in [1.165, 1.54) is 4.68 Å². The van der Waals surface area contributed by atoms with E-state index in [1.54, 1.807) is 6.07 Å². The third-order valence-corrected chi connectivity index (χ3v) is 4.67. The van der Waals surface area contributed by atoms with Crippen LogP contribution in [0.4, 0.5) is 24.8 Å². The molecule has 1 aliphatic rings. The second kappa shape index (κ2) is 8.21. The first-order valence-electron chi connectivity index (χ1n) is 9.46. The lowest BCUT2D eigenvalue weighted by Gasteiger charge is -2.15. The Morgan fingerprint density at radius 2 is 1.94 bits per heavy atom. The number of aryl methyl sites for hydroxylation is 1. The molecule has 10 heteroatoms. The van der Waals surface area contributed by atoms with Gasteiger partial charge in [-0.25, -0.2) is 22.8 Å². The SMILES string of the molecule is Cc1ccc(C2=NC(C)CO2)cc1Nc1nc(=O)cnn1Cc1cc(F)c(F)c(F)c1. The molecule has 1 N–H and O–H groups in total. The van der Waals surface area contributed by atoms with Crippen molar-refractivity contribution in [3.63, 3.8) is 0 Å². The van der Waals surface area contributed by atoms with Gasteiger partial charge in [0.25, 0.3) is 5.56 Å². The van der Waals surface area contributed by atoms with Crippen molar-refractivity contribution >= 4 is 17.5 Å². The van der Waals surface area contributed by atoms with Gasteiger partial charge >= 0.3 is 0 Å². The number of halogens is 3. The number of hydrogen-bond acceptors (Lipinski definition) is 6. The topological polar surface area (TPSA) is 81.4 Å². The molecule has 1 aliphatic heterocycles. The molecular weight excluding hydrogens is 411 g/mol. The summed E-state index contributed by atoms with van der Waals surface area (Å²) < 4.78 is 47.2.